The van der Waals surface area contributed by atoms with Crippen LogP contribution in [0.4, 0.5) is 0 Å². The van der Waals surface area contributed by atoms with Gasteiger partial charge in [0.15, 0.2) is 5.78 Å². The van der Waals surface area contributed by atoms with E-state index in [0.29, 0.717) is 6.42 Å². The van der Waals surface area contributed by atoms with E-state index in [9.17, 15) is 4.79 Å². The molecule has 0 bridgehead atoms. The van der Waals surface area contributed by atoms with Gasteiger partial charge in [-0.05, 0) is 46.4 Å². The number of rotatable bonds is 1. The molecule has 21 heavy (non-hydrogen) atoms. The zero-order chi connectivity index (χ0) is 14.4. The highest BCUT2D eigenvalue weighted by molar-refractivity contribution is 6.09. The predicted octanol–water partition coefficient (Wildman–Crippen LogP) is 4.94. The SMILES string of the molecule is Cc1ccc(-c2cccc3ccccc23)c2c1CCC2=O. The first-order valence-electron chi connectivity index (χ1n) is 7.39. The Hall–Kier alpha value is -2.41. The Labute approximate surface area is 124 Å². The van der Waals surface area contributed by atoms with E-state index < -0.39 is 0 Å². The Kier molecular flexibility index (Phi) is 2.68. The smallest absolute Gasteiger partial charge is 0.164 e. The molecule has 0 N–H and O–H groups in total. The lowest BCUT2D eigenvalue weighted by molar-refractivity contribution is 0.0995. The number of benzene rings is 3. The molecule has 0 unspecified atom stereocenters. The van der Waals surface area contributed by atoms with Crippen molar-refractivity contribution < 1.29 is 4.79 Å². The van der Waals surface area contributed by atoms with Crippen LogP contribution in [0.2, 0.25) is 0 Å². The van der Waals surface area contributed by atoms with E-state index in [1.807, 2.05) is 0 Å². The molecule has 0 saturated carbocycles. The lowest BCUT2D eigenvalue weighted by Crippen LogP contribution is -1.97. The van der Waals surface area contributed by atoms with Crippen molar-refractivity contribution in [3.8, 4) is 11.1 Å². The van der Waals surface area contributed by atoms with E-state index in [2.05, 4.69) is 61.5 Å². The van der Waals surface area contributed by atoms with Gasteiger partial charge in [0.2, 0.25) is 0 Å². The van der Waals surface area contributed by atoms with E-state index >= 15 is 0 Å². The minimum absolute atomic E-state index is 0.289. The third kappa shape index (κ3) is 1.81. The molecule has 1 aliphatic carbocycles. The zero-order valence-electron chi connectivity index (χ0n) is 12.0. The Morgan fingerprint density at radius 3 is 2.52 bits per heavy atom. The van der Waals surface area contributed by atoms with Crippen LogP contribution in [-0.2, 0) is 6.42 Å². The second-order valence-electron chi connectivity index (χ2n) is 5.73. The van der Waals surface area contributed by atoms with Crippen LogP contribution in [0.3, 0.4) is 0 Å². The largest absolute Gasteiger partial charge is 0.294 e. The molecule has 3 aromatic rings. The number of carbonyl (C=O) groups excluding carboxylic acids is 1. The van der Waals surface area contributed by atoms with Gasteiger partial charge in [-0.25, -0.2) is 0 Å². The van der Waals surface area contributed by atoms with Gasteiger partial charge in [0, 0.05) is 12.0 Å². The molecule has 0 fully saturated rings. The van der Waals surface area contributed by atoms with E-state index in [0.717, 1.165) is 17.5 Å². The van der Waals surface area contributed by atoms with Crippen molar-refractivity contribution >= 4 is 16.6 Å². The summed E-state index contributed by atoms with van der Waals surface area (Å²) in [6, 6.07) is 18.9. The quantitative estimate of drug-likeness (QED) is 0.613. The second-order valence-corrected chi connectivity index (χ2v) is 5.73. The van der Waals surface area contributed by atoms with Gasteiger partial charge in [-0.1, -0.05) is 54.6 Å². The Bertz CT molecular complexity index is 869. The highest BCUT2D eigenvalue weighted by Crippen LogP contribution is 2.37. The van der Waals surface area contributed by atoms with Crippen LogP contribution in [0.25, 0.3) is 21.9 Å². The Morgan fingerprint density at radius 1 is 0.810 bits per heavy atom. The van der Waals surface area contributed by atoms with E-state index in [4.69, 9.17) is 0 Å². The molecule has 0 saturated heterocycles. The van der Waals surface area contributed by atoms with Crippen molar-refractivity contribution in [2.45, 2.75) is 19.8 Å². The lowest BCUT2D eigenvalue weighted by Gasteiger charge is -2.12. The average Bonchev–Trinajstić information content (AvgIpc) is 2.91. The molecule has 4 rings (SSSR count). The monoisotopic (exact) mass is 272 g/mol. The van der Waals surface area contributed by atoms with Gasteiger partial charge in [-0.3, -0.25) is 4.79 Å². The number of hydrogen-bond acceptors (Lipinski definition) is 1. The van der Waals surface area contributed by atoms with Crippen LogP contribution < -0.4 is 0 Å². The van der Waals surface area contributed by atoms with Crippen molar-refractivity contribution in [3.05, 3.63) is 71.3 Å². The standard InChI is InChI=1S/C20H16O/c1-13-9-10-18(20-15(13)11-12-19(20)21)17-8-4-6-14-5-2-3-7-16(14)17/h2-10H,11-12H2,1H3. The van der Waals surface area contributed by atoms with Crippen LogP contribution in [-0.4, -0.2) is 5.78 Å². The second kappa shape index (κ2) is 4.56. The molecule has 3 aromatic carbocycles. The van der Waals surface area contributed by atoms with Crippen molar-refractivity contribution in [2.75, 3.05) is 0 Å². The normalized spacial score (nSPS) is 13.7. The third-order valence-electron chi connectivity index (χ3n) is 4.51. The van der Waals surface area contributed by atoms with Crippen LogP contribution in [0.1, 0.15) is 27.9 Å². The molecule has 1 heteroatoms. The maximum Gasteiger partial charge on any atom is 0.164 e. The lowest BCUT2D eigenvalue weighted by atomic mass is 9.91. The molecule has 102 valence electrons. The van der Waals surface area contributed by atoms with Gasteiger partial charge < -0.3 is 0 Å². The summed E-state index contributed by atoms with van der Waals surface area (Å²) in [5.74, 6) is 0.289. The van der Waals surface area contributed by atoms with Gasteiger partial charge in [0.25, 0.3) is 0 Å². The molecular weight excluding hydrogens is 256 g/mol. The molecule has 1 aliphatic rings. The fourth-order valence-corrected chi connectivity index (χ4v) is 3.44. The van der Waals surface area contributed by atoms with Crippen molar-refractivity contribution in [1.82, 2.24) is 0 Å². The predicted molar refractivity (Wildman–Crippen MR) is 86.8 cm³/mol. The van der Waals surface area contributed by atoms with Crippen LogP contribution >= 0.6 is 0 Å². The van der Waals surface area contributed by atoms with E-state index in [1.165, 1.54) is 27.5 Å². The highest BCUT2D eigenvalue weighted by Gasteiger charge is 2.25. The van der Waals surface area contributed by atoms with Gasteiger partial charge in [-0.2, -0.15) is 0 Å². The van der Waals surface area contributed by atoms with Crippen LogP contribution in [0.5, 0.6) is 0 Å². The molecule has 0 radical (unpaired) electrons. The summed E-state index contributed by atoms with van der Waals surface area (Å²) < 4.78 is 0. The number of aryl methyl sites for hydroxylation is 1. The van der Waals surface area contributed by atoms with Gasteiger partial charge in [0.05, 0.1) is 0 Å². The molecular formula is C20H16O. The molecule has 0 aliphatic heterocycles. The van der Waals surface area contributed by atoms with Gasteiger partial charge >= 0.3 is 0 Å². The molecule has 1 nitrogen and oxygen atoms in total. The minimum Gasteiger partial charge on any atom is -0.294 e. The fraction of sp³-hybridized carbons (Fsp3) is 0.150. The first-order valence-corrected chi connectivity index (χ1v) is 7.39. The molecule has 0 atom stereocenters. The summed E-state index contributed by atoms with van der Waals surface area (Å²) in [4.78, 5) is 12.3. The van der Waals surface area contributed by atoms with Crippen LogP contribution in [0, 0.1) is 6.92 Å². The zero-order valence-corrected chi connectivity index (χ0v) is 12.0. The van der Waals surface area contributed by atoms with E-state index in [-0.39, 0.29) is 5.78 Å². The maximum absolute atomic E-state index is 12.3. The topological polar surface area (TPSA) is 17.1 Å². The van der Waals surface area contributed by atoms with Gasteiger partial charge in [-0.15, -0.1) is 0 Å². The summed E-state index contributed by atoms with van der Waals surface area (Å²) in [6.07, 6.45) is 1.54. The van der Waals surface area contributed by atoms with E-state index in [1.54, 1.807) is 0 Å². The van der Waals surface area contributed by atoms with Gasteiger partial charge in [0.1, 0.15) is 0 Å². The number of ketones is 1. The number of fused-ring (bicyclic) bond motifs is 2. The van der Waals surface area contributed by atoms with Crippen molar-refractivity contribution in [2.24, 2.45) is 0 Å². The Morgan fingerprint density at radius 2 is 1.62 bits per heavy atom. The number of Topliss-reactive ketones (excluding diaryl/α,β-unsaturated/α-hetero) is 1. The van der Waals surface area contributed by atoms with Crippen LogP contribution in [0.15, 0.2) is 54.6 Å². The number of hydrogen-bond donors (Lipinski definition) is 0. The average molecular weight is 272 g/mol. The van der Waals surface area contributed by atoms with Crippen molar-refractivity contribution in [1.29, 1.82) is 0 Å². The summed E-state index contributed by atoms with van der Waals surface area (Å²) in [7, 11) is 0. The summed E-state index contributed by atoms with van der Waals surface area (Å²) in [6.45, 7) is 2.10. The number of carbonyl (C=O) groups is 1. The fourth-order valence-electron chi connectivity index (χ4n) is 3.44. The summed E-state index contributed by atoms with van der Waals surface area (Å²) >= 11 is 0. The third-order valence-corrected chi connectivity index (χ3v) is 4.51. The molecule has 0 amide bonds. The van der Waals surface area contributed by atoms with Crippen molar-refractivity contribution in [3.63, 3.8) is 0 Å². The Balaban J connectivity index is 2.07. The molecule has 0 heterocycles. The highest BCUT2D eigenvalue weighted by atomic mass is 16.1. The summed E-state index contributed by atoms with van der Waals surface area (Å²) in [5, 5.41) is 2.43. The molecule has 0 aromatic heterocycles. The maximum atomic E-state index is 12.3. The summed E-state index contributed by atoms with van der Waals surface area (Å²) in [5.41, 5.74) is 5.69. The minimum atomic E-state index is 0.289. The first-order chi connectivity index (χ1) is 10.3. The molecule has 0 spiro atoms. The first kappa shape index (κ1) is 12.3.